The molecule has 0 amide bonds. The fraction of sp³-hybridized carbons (Fsp3) is 0. The first-order valence-corrected chi connectivity index (χ1v) is 6.59. The molecule has 22 heavy (non-hydrogen) atoms. The van der Waals surface area contributed by atoms with Gasteiger partial charge in [-0.15, -0.1) is 0 Å². The summed E-state index contributed by atoms with van der Waals surface area (Å²) in [5.41, 5.74) is 1.88. The van der Waals surface area contributed by atoms with Crippen LogP contribution in [0.15, 0.2) is 66.4 Å². The van der Waals surface area contributed by atoms with Crippen LogP contribution in [0.5, 0.6) is 0 Å². The van der Waals surface area contributed by atoms with Crippen molar-refractivity contribution in [1.82, 2.24) is 0 Å². The third kappa shape index (κ3) is 2.78. The van der Waals surface area contributed by atoms with Crippen LogP contribution < -0.4 is 0 Å². The van der Waals surface area contributed by atoms with Crippen LogP contribution in [0.2, 0.25) is 0 Å². The lowest BCUT2D eigenvalue weighted by molar-refractivity contribution is -0.384. The quantitative estimate of drug-likeness (QED) is 0.493. The van der Waals surface area contributed by atoms with E-state index in [2.05, 4.69) is 0 Å². The van der Waals surface area contributed by atoms with Crippen LogP contribution in [0, 0.1) is 10.1 Å². The minimum absolute atomic E-state index is 0.0178. The van der Waals surface area contributed by atoms with Crippen LogP contribution >= 0.6 is 0 Å². The zero-order valence-corrected chi connectivity index (χ0v) is 11.4. The highest BCUT2D eigenvalue weighted by Gasteiger charge is 2.23. The van der Waals surface area contributed by atoms with E-state index in [0.717, 1.165) is 5.56 Å². The van der Waals surface area contributed by atoms with Crippen LogP contribution in [0.25, 0.3) is 11.6 Å². The van der Waals surface area contributed by atoms with Crippen molar-refractivity contribution in [3.05, 3.63) is 87.7 Å². The first kappa shape index (κ1) is 13.8. The normalized spacial score (nSPS) is 15.5. The Bertz CT molecular complexity index is 789. The molecule has 0 unspecified atom stereocenters. The van der Waals surface area contributed by atoms with Crippen LogP contribution in [0.3, 0.4) is 0 Å². The van der Waals surface area contributed by atoms with Crippen molar-refractivity contribution in [2.75, 3.05) is 0 Å². The van der Waals surface area contributed by atoms with Crippen LogP contribution in [-0.4, -0.2) is 10.9 Å². The zero-order chi connectivity index (χ0) is 15.5. The zero-order valence-electron chi connectivity index (χ0n) is 11.4. The Morgan fingerprint density at radius 3 is 2.32 bits per heavy atom. The molecule has 0 aromatic heterocycles. The van der Waals surface area contributed by atoms with Gasteiger partial charge in [0, 0.05) is 12.1 Å². The molecule has 2 aromatic carbocycles. The van der Waals surface area contributed by atoms with Gasteiger partial charge in [-0.05, 0) is 35.4 Å². The Balaban J connectivity index is 1.90. The number of carbonyl (C=O) groups excluding carboxylic acids is 1. The first-order valence-electron chi connectivity index (χ1n) is 6.59. The number of ether oxygens (including phenoxy) is 1. The van der Waals surface area contributed by atoms with E-state index in [1.165, 1.54) is 24.3 Å². The first-order chi connectivity index (χ1) is 10.6. The predicted molar refractivity (Wildman–Crippen MR) is 81.6 cm³/mol. The highest BCUT2D eigenvalue weighted by atomic mass is 16.6. The molecule has 0 N–H and O–H groups in total. The van der Waals surface area contributed by atoms with E-state index in [0.29, 0.717) is 16.9 Å². The molecule has 1 aliphatic heterocycles. The number of allylic oxidation sites excluding steroid dienone is 1. The maximum Gasteiger partial charge on any atom is 0.344 e. The van der Waals surface area contributed by atoms with Crippen molar-refractivity contribution in [3.8, 4) is 0 Å². The maximum atomic E-state index is 11.9. The van der Waals surface area contributed by atoms with Crippen molar-refractivity contribution in [3.63, 3.8) is 0 Å². The van der Waals surface area contributed by atoms with Gasteiger partial charge in [-0.25, -0.2) is 4.79 Å². The Kier molecular flexibility index (Phi) is 3.53. The van der Waals surface area contributed by atoms with E-state index in [-0.39, 0.29) is 5.69 Å². The second-order valence-corrected chi connectivity index (χ2v) is 4.71. The Labute approximate surface area is 126 Å². The SMILES string of the molecule is O=C1OC(=Cc2ccccc2)C=C1c1ccc([N+](=O)[O-])cc1. The average Bonchev–Trinajstić information content (AvgIpc) is 2.89. The molecule has 0 bridgehead atoms. The van der Waals surface area contributed by atoms with Crippen molar-refractivity contribution in [1.29, 1.82) is 0 Å². The van der Waals surface area contributed by atoms with Gasteiger partial charge in [-0.3, -0.25) is 10.1 Å². The molecule has 0 spiro atoms. The van der Waals surface area contributed by atoms with E-state index in [1.807, 2.05) is 30.3 Å². The van der Waals surface area contributed by atoms with Crippen molar-refractivity contribution < 1.29 is 14.5 Å². The van der Waals surface area contributed by atoms with Gasteiger partial charge >= 0.3 is 5.97 Å². The number of non-ortho nitro benzene ring substituents is 1. The minimum atomic E-state index is -0.480. The van der Waals surface area contributed by atoms with Gasteiger partial charge in [0.25, 0.3) is 5.69 Å². The lowest BCUT2D eigenvalue weighted by Crippen LogP contribution is -1.98. The topological polar surface area (TPSA) is 69.4 Å². The van der Waals surface area contributed by atoms with Crippen LogP contribution in [-0.2, 0) is 9.53 Å². The van der Waals surface area contributed by atoms with E-state index in [9.17, 15) is 14.9 Å². The number of nitro benzene ring substituents is 1. The van der Waals surface area contributed by atoms with E-state index < -0.39 is 10.9 Å². The summed E-state index contributed by atoms with van der Waals surface area (Å²) in [7, 11) is 0. The fourth-order valence-electron chi connectivity index (χ4n) is 2.14. The van der Waals surface area contributed by atoms with Crippen molar-refractivity contribution in [2.24, 2.45) is 0 Å². The van der Waals surface area contributed by atoms with Gasteiger partial charge in [-0.1, -0.05) is 30.3 Å². The molecule has 3 rings (SSSR count). The van der Waals surface area contributed by atoms with E-state index in [1.54, 1.807) is 12.2 Å². The van der Waals surface area contributed by atoms with Crippen molar-refractivity contribution in [2.45, 2.75) is 0 Å². The number of nitro groups is 1. The second-order valence-electron chi connectivity index (χ2n) is 4.71. The summed E-state index contributed by atoms with van der Waals surface area (Å²) in [6.07, 6.45) is 3.40. The molecule has 0 fully saturated rings. The molecule has 0 saturated carbocycles. The number of cyclic esters (lactones) is 1. The monoisotopic (exact) mass is 293 g/mol. The molecule has 5 heteroatoms. The molecule has 0 aliphatic carbocycles. The molecule has 0 atom stereocenters. The minimum Gasteiger partial charge on any atom is -0.423 e. The molecule has 0 saturated heterocycles. The van der Waals surface area contributed by atoms with Crippen molar-refractivity contribution >= 4 is 23.3 Å². The third-order valence-corrected chi connectivity index (χ3v) is 3.21. The maximum absolute atomic E-state index is 11.9. The smallest absolute Gasteiger partial charge is 0.344 e. The summed E-state index contributed by atoms with van der Waals surface area (Å²) in [5, 5.41) is 10.6. The average molecular weight is 293 g/mol. The van der Waals surface area contributed by atoms with Gasteiger partial charge in [0.1, 0.15) is 5.76 Å². The highest BCUT2D eigenvalue weighted by Crippen LogP contribution is 2.28. The van der Waals surface area contributed by atoms with Gasteiger partial charge in [0.15, 0.2) is 0 Å². The molecule has 108 valence electrons. The van der Waals surface area contributed by atoms with E-state index in [4.69, 9.17) is 4.74 Å². The number of hydrogen-bond acceptors (Lipinski definition) is 4. The number of benzene rings is 2. The Morgan fingerprint density at radius 1 is 1.00 bits per heavy atom. The number of esters is 1. The Hall–Kier alpha value is -3.21. The van der Waals surface area contributed by atoms with Gasteiger partial charge < -0.3 is 4.74 Å². The molecule has 1 heterocycles. The summed E-state index contributed by atoms with van der Waals surface area (Å²) < 4.78 is 5.21. The predicted octanol–water partition coefficient (Wildman–Crippen LogP) is 3.58. The number of hydrogen-bond donors (Lipinski definition) is 0. The summed E-state index contributed by atoms with van der Waals surface area (Å²) in [6.45, 7) is 0. The van der Waals surface area contributed by atoms with Crippen LogP contribution in [0.1, 0.15) is 11.1 Å². The molecule has 0 radical (unpaired) electrons. The number of carbonyl (C=O) groups is 1. The molecule has 2 aromatic rings. The summed E-state index contributed by atoms with van der Waals surface area (Å²) in [5.74, 6) is -0.0133. The molecular weight excluding hydrogens is 282 g/mol. The highest BCUT2D eigenvalue weighted by molar-refractivity contribution is 6.20. The van der Waals surface area contributed by atoms with E-state index >= 15 is 0 Å². The van der Waals surface area contributed by atoms with Gasteiger partial charge in [0.2, 0.25) is 0 Å². The third-order valence-electron chi connectivity index (χ3n) is 3.21. The summed E-state index contributed by atoms with van der Waals surface area (Å²) in [4.78, 5) is 22.1. The summed E-state index contributed by atoms with van der Waals surface area (Å²) in [6, 6.07) is 15.3. The van der Waals surface area contributed by atoms with Gasteiger partial charge in [-0.2, -0.15) is 0 Å². The number of rotatable bonds is 3. The standard InChI is InChI=1S/C17H11NO4/c19-17-16(13-6-8-14(9-7-13)18(20)21)11-15(22-17)10-12-4-2-1-3-5-12/h1-11H. The van der Waals surface area contributed by atoms with Gasteiger partial charge in [0.05, 0.1) is 10.5 Å². The molecule has 5 nitrogen and oxygen atoms in total. The Morgan fingerprint density at radius 2 is 1.68 bits per heavy atom. The largest absolute Gasteiger partial charge is 0.423 e. The summed E-state index contributed by atoms with van der Waals surface area (Å²) >= 11 is 0. The lowest BCUT2D eigenvalue weighted by Gasteiger charge is -1.99. The fourth-order valence-corrected chi connectivity index (χ4v) is 2.14. The second kappa shape index (κ2) is 5.65. The lowest BCUT2D eigenvalue weighted by atomic mass is 10.1. The molecular formula is C17H11NO4. The number of nitrogens with zero attached hydrogens (tertiary/aromatic N) is 1. The molecule has 1 aliphatic rings. The van der Waals surface area contributed by atoms with Crippen LogP contribution in [0.4, 0.5) is 5.69 Å².